The molecule has 0 N–H and O–H groups in total. The van der Waals surface area contributed by atoms with Gasteiger partial charge in [0, 0.05) is 50.0 Å². The molecule has 3 rings (SSSR count). The van der Waals surface area contributed by atoms with Gasteiger partial charge in [-0.2, -0.15) is 0 Å². The van der Waals surface area contributed by atoms with E-state index in [0.717, 1.165) is 0 Å². The molecular formula is C19H22FN3O2. The minimum absolute atomic E-state index is 0.0200. The predicted octanol–water partition coefficient (Wildman–Crippen LogP) is 2.75. The standard InChI is InChI=1S/C19H22FN3O2/c1-14(16-5-3-4-6-17(16)20)22-9-11-23(12-10-22)19(24)18-13-15(25-2)7-8-21-18/h3-8,13-14H,9-12H2,1-2H3/t14-/m0/s1. The van der Waals surface area contributed by atoms with Crippen LogP contribution in [0, 0.1) is 5.82 Å². The molecule has 1 amide bonds. The Balaban J connectivity index is 1.63. The number of hydrogen-bond acceptors (Lipinski definition) is 4. The molecule has 2 heterocycles. The number of rotatable bonds is 4. The summed E-state index contributed by atoms with van der Waals surface area (Å²) in [5.74, 6) is 0.330. The first-order valence-electron chi connectivity index (χ1n) is 8.38. The van der Waals surface area contributed by atoms with Gasteiger partial charge in [-0.05, 0) is 19.1 Å². The zero-order valence-electron chi connectivity index (χ0n) is 14.5. The second kappa shape index (κ2) is 7.61. The molecular weight excluding hydrogens is 321 g/mol. The molecule has 0 radical (unpaired) electrons. The molecule has 25 heavy (non-hydrogen) atoms. The van der Waals surface area contributed by atoms with E-state index in [2.05, 4.69) is 9.88 Å². The molecule has 1 aromatic carbocycles. The summed E-state index contributed by atoms with van der Waals surface area (Å²) < 4.78 is 19.1. The van der Waals surface area contributed by atoms with Gasteiger partial charge in [-0.3, -0.25) is 14.7 Å². The Kier molecular flexibility index (Phi) is 5.28. The molecule has 6 heteroatoms. The van der Waals surface area contributed by atoms with Crippen molar-refractivity contribution >= 4 is 5.91 Å². The van der Waals surface area contributed by atoms with E-state index >= 15 is 0 Å². The number of ether oxygens (including phenoxy) is 1. The average molecular weight is 343 g/mol. The Morgan fingerprint density at radius 2 is 1.92 bits per heavy atom. The highest BCUT2D eigenvalue weighted by molar-refractivity contribution is 5.92. The average Bonchev–Trinajstić information content (AvgIpc) is 2.67. The molecule has 0 aliphatic carbocycles. The quantitative estimate of drug-likeness (QED) is 0.856. The number of benzene rings is 1. The second-order valence-corrected chi connectivity index (χ2v) is 6.11. The van der Waals surface area contributed by atoms with Crippen LogP contribution in [0.4, 0.5) is 4.39 Å². The summed E-state index contributed by atoms with van der Waals surface area (Å²) in [6.07, 6.45) is 1.57. The Bertz CT molecular complexity index is 745. The number of aromatic nitrogens is 1. The van der Waals surface area contributed by atoms with Crippen molar-refractivity contribution < 1.29 is 13.9 Å². The molecule has 132 valence electrons. The van der Waals surface area contributed by atoms with Gasteiger partial charge in [-0.25, -0.2) is 4.39 Å². The number of halogens is 1. The highest BCUT2D eigenvalue weighted by atomic mass is 19.1. The molecule has 1 aromatic heterocycles. The van der Waals surface area contributed by atoms with E-state index in [9.17, 15) is 9.18 Å². The van der Waals surface area contributed by atoms with Gasteiger partial charge in [-0.1, -0.05) is 18.2 Å². The Hall–Kier alpha value is -2.47. The van der Waals surface area contributed by atoms with Crippen molar-refractivity contribution in [2.75, 3.05) is 33.3 Å². The third-order valence-corrected chi connectivity index (χ3v) is 4.69. The molecule has 0 spiro atoms. The van der Waals surface area contributed by atoms with E-state index < -0.39 is 0 Å². The molecule has 1 aliphatic rings. The van der Waals surface area contributed by atoms with Gasteiger partial charge in [0.25, 0.3) is 5.91 Å². The minimum Gasteiger partial charge on any atom is -0.497 e. The summed E-state index contributed by atoms with van der Waals surface area (Å²) in [6, 6.07) is 10.2. The minimum atomic E-state index is -0.186. The fraction of sp³-hybridized carbons (Fsp3) is 0.368. The van der Waals surface area contributed by atoms with Crippen molar-refractivity contribution in [3.05, 3.63) is 59.7 Å². The zero-order chi connectivity index (χ0) is 17.8. The third kappa shape index (κ3) is 3.79. The van der Waals surface area contributed by atoms with Crippen LogP contribution < -0.4 is 4.74 Å². The van der Waals surface area contributed by atoms with Gasteiger partial charge in [0.2, 0.25) is 0 Å². The normalized spacial score (nSPS) is 16.5. The number of hydrogen-bond donors (Lipinski definition) is 0. The van der Waals surface area contributed by atoms with Crippen LogP contribution >= 0.6 is 0 Å². The maximum Gasteiger partial charge on any atom is 0.272 e. The Labute approximate surface area is 147 Å². The molecule has 0 bridgehead atoms. The smallest absolute Gasteiger partial charge is 0.272 e. The number of amides is 1. The lowest BCUT2D eigenvalue weighted by Gasteiger charge is -2.38. The van der Waals surface area contributed by atoms with Crippen molar-refractivity contribution in [2.45, 2.75) is 13.0 Å². The first-order valence-corrected chi connectivity index (χ1v) is 8.38. The van der Waals surface area contributed by atoms with Crippen LogP contribution in [0.5, 0.6) is 5.75 Å². The highest BCUT2D eigenvalue weighted by Gasteiger charge is 2.27. The summed E-state index contributed by atoms with van der Waals surface area (Å²) >= 11 is 0. The van der Waals surface area contributed by atoms with Gasteiger partial charge in [0.15, 0.2) is 0 Å². The maximum atomic E-state index is 14.0. The molecule has 1 atom stereocenters. The fourth-order valence-corrected chi connectivity index (χ4v) is 3.14. The van der Waals surface area contributed by atoms with E-state index in [0.29, 0.717) is 43.2 Å². The lowest BCUT2D eigenvalue weighted by atomic mass is 10.1. The maximum absolute atomic E-state index is 14.0. The van der Waals surface area contributed by atoms with Crippen molar-refractivity contribution in [3.8, 4) is 5.75 Å². The Morgan fingerprint density at radius 1 is 1.20 bits per heavy atom. The lowest BCUT2D eigenvalue weighted by molar-refractivity contribution is 0.0573. The number of nitrogens with zero attached hydrogens (tertiary/aromatic N) is 3. The van der Waals surface area contributed by atoms with Gasteiger partial charge in [0.1, 0.15) is 17.3 Å². The fourth-order valence-electron chi connectivity index (χ4n) is 3.14. The molecule has 1 aliphatic heterocycles. The predicted molar refractivity (Wildman–Crippen MR) is 93.1 cm³/mol. The summed E-state index contributed by atoms with van der Waals surface area (Å²) in [5.41, 5.74) is 1.08. The number of carbonyl (C=O) groups excluding carboxylic acids is 1. The van der Waals surface area contributed by atoms with Gasteiger partial charge in [-0.15, -0.1) is 0 Å². The highest BCUT2D eigenvalue weighted by Crippen LogP contribution is 2.24. The van der Waals surface area contributed by atoms with E-state index in [1.165, 1.54) is 6.07 Å². The zero-order valence-corrected chi connectivity index (χ0v) is 14.5. The molecule has 5 nitrogen and oxygen atoms in total. The monoisotopic (exact) mass is 343 g/mol. The van der Waals surface area contributed by atoms with Gasteiger partial charge >= 0.3 is 0 Å². The third-order valence-electron chi connectivity index (χ3n) is 4.69. The van der Waals surface area contributed by atoms with Gasteiger partial charge in [0.05, 0.1) is 7.11 Å². The van der Waals surface area contributed by atoms with Crippen molar-refractivity contribution in [2.24, 2.45) is 0 Å². The molecule has 1 saturated heterocycles. The number of pyridine rings is 1. The van der Waals surface area contributed by atoms with Crippen LogP contribution in [-0.2, 0) is 0 Å². The molecule has 1 fully saturated rings. The van der Waals surface area contributed by atoms with Crippen molar-refractivity contribution in [1.82, 2.24) is 14.8 Å². The summed E-state index contributed by atoms with van der Waals surface area (Å²) in [7, 11) is 1.56. The van der Waals surface area contributed by atoms with Gasteiger partial charge < -0.3 is 9.64 Å². The number of carbonyl (C=O) groups is 1. The summed E-state index contributed by atoms with van der Waals surface area (Å²) in [4.78, 5) is 20.7. The van der Waals surface area contributed by atoms with E-state index in [1.54, 1.807) is 36.4 Å². The Morgan fingerprint density at radius 3 is 2.60 bits per heavy atom. The summed E-state index contributed by atoms with van der Waals surface area (Å²) in [6.45, 7) is 4.59. The van der Waals surface area contributed by atoms with Crippen LogP contribution in [0.3, 0.4) is 0 Å². The second-order valence-electron chi connectivity index (χ2n) is 6.11. The van der Waals surface area contributed by atoms with E-state index in [-0.39, 0.29) is 17.8 Å². The number of piperazine rings is 1. The van der Waals surface area contributed by atoms with Crippen LogP contribution in [0.25, 0.3) is 0 Å². The largest absolute Gasteiger partial charge is 0.497 e. The SMILES string of the molecule is COc1ccnc(C(=O)N2CCN([C@@H](C)c3ccccc3F)CC2)c1. The van der Waals surface area contributed by atoms with Crippen LogP contribution in [0.15, 0.2) is 42.6 Å². The van der Waals surface area contributed by atoms with E-state index in [1.807, 2.05) is 19.1 Å². The van der Waals surface area contributed by atoms with Crippen LogP contribution in [0.1, 0.15) is 29.0 Å². The van der Waals surface area contributed by atoms with Crippen LogP contribution in [0.2, 0.25) is 0 Å². The molecule has 2 aromatic rings. The van der Waals surface area contributed by atoms with Crippen molar-refractivity contribution in [1.29, 1.82) is 0 Å². The first-order chi connectivity index (χ1) is 12.1. The first kappa shape index (κ1) is 17.4. The topological polar surface area (TPSA) is 45.7 Å². The lowest BCUT2D eigenvalue weighted by Crippen LogP contribution is -2.49. The van der Waals surface area contributed by atoms with Crippen LogP contribution in [-0.4, -0.2) is 54.0 Å². The molecule has 0 saturated carbocycles. The number of methoxy groups -OCH3 is 1. The van der Waals surface area contributed by atoms with Crippen molar-refractivity contribution in [3.63, 3.8) is 0 Å². The summed E-state index contributed by atoms with van der Waals surface area (Å²) in [5, 5.41) is 0. The van der Waals surface area contributed by atoms with E-state index in [4.69, 9.17) is 4.74 Å². The molecule has 0 unspecified atom stereocenters.